The molecule has 2 heterocycles. The van der Waals surface area contributed by atoms with Crippen molar-refractivity contribution in [3.05, 3.63) is 0 Å². The van der Waals surface area contributed by atoms with E-state index in [0.29, 0.717) is 6.54 Å². The van der Waals surface area contributed by atoms with Crippen molar-refractivity contribution in [1.82, 2.24) is 9.80 Å². The van der Waals surface area contributed by atoms with Gasteiger partial charge in [0.2, 0.25) is 5.91 Å². The van der Waals surface area contributed by atoms with Crippen molar-refractivity contribution in [2.24, 2.45) is 0 Å². The zero-order valence-electron chi connectivity index (χ0n) is 10.5. The van der Waals surface area contributed by atoms with Crippen LogP contribution in [0.4, 0.5) is 13.2 Å². The molecular weight excluding hydrogens is 245 g/mol. The van der Waals surface area contributed by atoms with Gasteiger partial charge in [0, 0.05) is 18.6 Å². The van der Waals surface area contributed by atoms with Crippen LogP contribution >= 0.6 is 0 Å². The summed E-state index contributed by atoms with van der Waals surface area (Å²) < 4.78 is 36.8. The van der Waals surface area contributed by atoms with Gasteiger partial charge in [-0.05, 0) is 39.3 Å². The van der Waals surface area contributed by atoms with Gasteiger partial charge < -0.3 is 9.80 Å². The van der Waals surface area contributed by atoms with E-state index in [1.165, 1.54) is 4.90 Å². The number of amides is 1. The van der Waals surface area contributed by atoms with E-state index in [-0.39, 0.29) is 12.1 Å². The summed E-state index contributed by atoms with van der Waals surface area (Å²) in [6.45, 7) is 1.45. The predicted octanol–water partition coefficient (Wildman–Crippen LogP) is 2.02. The molecule has 2 saturated heterocycles. The van der Waals surface area contributed by atoms with E-state index in [1.54, 1.807) is 0 Å². The molecule has 2 aliphatic rings. The van der Waals surface area contributed by atoms with Crippen molar-refractivity contribution in [2.75, 3.05) is 20.1 Å². The molecule has 3 nitrogen and oxygen atoms in total. The van der Waals surface area contributed by atoms with E-state index >= 15 is 0 Å². The topological polar surface area (TPSA) is 23.6 Å². The van der Waals surface area contributed by atoms with Crippen molar-refractivity contribution in [3.8, 4) is 0 Å². The maximum absolute atomic E-state index is 12.3. The monoisotopic (exact) mass is 264 g/mol. The normalized spacial score (nSPS) is 30.1. The van der Waals surface area contributed by atoms with Crippen LogP contribution in [0.1, 0.15) is 32.1 Å². The highest BCUT2D eigenvalue weighted by atomic mass is 19.4. The van der Waals surface area contributed by atoms with Gasteiger partial charge in [-0.15, -0.1) is 0 Å². The van der Waals surface area contributed by atoms with Crippen LogP contribution in [0.5, 0.6) is 0 Å². The SMILES string of the molecule is CN1CCCC1C1CCCN1C(=O)CC(F)(F)F. The lowest BCUT2D eigenvalue weighted by Gasteiger charge is -2.33. The van der Waals surface area contributed by atoms with E-state index in [0.717, 1.165) is 32.2 Å². The zero-order chi connectivity index (χ0) is 13.3. The number of halogens is 3. The van der Waals surface area contributed by atoms with Gasteiger partial charge in [-0.25, -0.2) is 0 Å². The molecule has 104 valence electrons. The minimum absolute atomic E-state index is 0.0210. The van der Waals surface area contributed by atoms with Gasteiger partial charge in [0.15, 0.2) is 0 Å². The van der Waals surface area contributed by atoms with E-state index in [2.05, 4.69) is 4.90 Å². The van der Waals surface area contributed by atoms with E-state index in [1.807, 2.05) is 7.05 Å². The third kappa shape index (κ3) is 2.96. The quantitative estimate of drug-likeness (QED) is 0.762. The molecule has 2 rings (SSSR count). The molecule has 0 N–H and O–H groups in total. The Morgan fingerprint density at radius 1 is 1.17 bits per heavy atom. The van der Waals surface area contributed by atoms with Gasteiger partial charge in [-0.2, -0.15) is 13.2 Å². The summed E-state index contributed by atoms with van der Waals surface area (Å²) in [5.41, 5.74) is 0. The molecule has 0 aliphatic carbocycles. The Morgan fingerprint density at radius 2 is 1.78 bits per heavy atom. The highest BCUT2D eigenvalue weighted by Gasteiger charge is 2.41. The Balaban J connectivity index is 2.01. The lowest BCUT2D eigenvalue weighted by molar-refractivity contribution is -0.162. The predicted molar refractivity (Wildman–Crippen MR) is 61.1 cm³/mol. The summed E-state index contributed by atoms with van der Waals surface area (Å²) in [5.74, 6) is -0.759. The molecule has 2 unspecified atom stereocenters. The molecule has 0 aromatic heterocycles. The Bertz CT molecular complexity index is 319. The molecule has 0 bridgehead atoms. The van der Waals surface area contributed by atoms with Gasteiger partial charge in [-0.1, -0.05) is 0 Å². The maximum atomic E-state index is 12.3. The smallest absolute Gasteiger partial charge is 0.338 e. The van der Waals surface area contributed by atoms with E-state index in [4.69, 9.17) is 0 Å². The number of likely N-dealkylation sites (tertiary alicyclic amines) is 2. The fourth-order valence-electron chi connectivity index (χ4n) is 3.20. The second-order valence-electron chi connectivity index (χ2n) is 5.28. The number of alkyl halides is 3. The van der Waals surface area contributed by atoms with Gasteiger partial charge in [-0.3, -0.25) is 4.79 Å². The van der Waals surface area contributed by atoms with Gasteiger partial charge in [0.05, 0.1) is 0 Å². The molecule has 0 aromatic rings. The Labute approximate surface area is 105 Å². The van der Waals surface area contributed by atoms with Crippen LogP contribution in [0.15, 0.2) is 0 Å². The Hall–Kier alpha value is -0.780. The highest BCUT2D eigenvalue weighted by molar-refractivity contribution is 5.77. The number of hydrogen-bond donors (Lipinski definition) is 0. The van der Waals surface area contributed by atoms with Crippen LogP contribution in [-0.4, -0.2) is 54.1 Å². The third-order valence-corrected chi connectivity index (χ3v) is 3.99. The second-order valence-corrected chi connectivity index (χ2v) is 5.28. The summed E-state index contributed by atoms with van der Waals surface area (Å²) in [7, 11) is 1.99. The molecule has 0 aromatic carbocycles. The van der Waals surface area contributed by atoms with Crippen molar-refractivity contribution in [3.63, 3.8) is 0 Å². The van der Waals surface area contributed by atoms with Crippen LogP contribution < -0.4 is 0 Å². The summed E-state index contributed by atoms with van der Waals surface area (Å²) in [5, 5.41) is 0. The second kappa shape index (κ2) is 5.07. The van der Waals surface area contributed by atoms with Crippen LogP contribution in [0.2, 0.25) is 0 Å². The van der Waals surface area contributed by atoms with Gasteiger partial charge in [0.1, 0.15) is 6.42 Å². The molecule has 0 saturated carbocycles. The van der Waals surface area contributed by atoms with Crippen LogP contribution in [0, 0.1) is 0 Å². The molecular formula is C12H19F3N2O. The first-order valence-electron chi connectivity index (χ1n) is 6.45. The minimum Gasteiger partial charge on any atom is -0.338 e. The first-order valence-corrected chi connectivity index (χ1v) is 6.45. The van der Waals surface area contributed by atoms with Gasteiger partial charge >= 0.3 is 6.18 Å². The zero-order valence-corrected chi connectivity index (χ0v) is 10.5. The molecule has 2 aliphatic heterocycles. The number of likely N-dealkylation sites (N-methyl/N-ethyl adjacent to an activating group) is 1. The maximum Gasteiger partial charge on any atom is 0.397 e. The van der Waals surface area contributed by atoms with Crippen molar-refractivity contribution in [1.29, 1.82) is 0 Å². The number of carbonyl (C=O) groups is 1. The van der Waals surface area contributed by atoms with Crippen LogP contribution in [-0.2, 0) is 4.79 Å². The third-order valence-electron chi connectivity index (χ3n) is 3.99. The highest BCUT2D eigenvalue weighted by Crippen LogP contribution is 2.31. The Kier molecular flexibility index (Phi) is 3.84. The molecule has 0 spiro atoms. The first kappa shape index (κ1) is 13.6. The number of carbonyl (C=O) groups excluding carboxylic acids is 1. The van der Waals surface area contributed by atoms with E-state index < -0.39 is 18.5 Å². The average molecular weight is 264 g/mol. The lowest BCUT2D eigenvalue weighted by Crippen LogP contribution is -2.47. The summed E-state index contributed by atoms with van der Waals surface area (Å²) in [6, 6.07) is 0.219. The molecule has 1 amide bonds. The number of hydrogen-bond acceptors (Lipinski definition) is 2. The van der Waals surface area contributed by atoms with Crippen molar-refractivity contribution in [2.45, 2.75) is 50.4 Å². The molecule has 2 atom stereocenters. The largest absolute Gasteiger partial charge is 0.397 e. The number of rotatable bonds is 2. The fraction of sp³-hybridized carbons (Fsp3) is 0.917. The molecule has 18 heavy (non-hydrogen) atoms. The van der Waals surface area contributed by atoms with E-state index in [9.17, 15) is 18.0 Å². The molecule has 6 heteroatoms. The Morgan fingerprint density at radius 3 is 2.33 bits per heavy atom. The lowest BCUT2D eigenvalue weighted by atomic mass is 10.0. The molecule has 2 fully saturated rings. The average Bonchev–Trinajstić information content (AvgIpc) is 2.82. The standard InChI is InChI=1S/C12H19F3N2O/c1-16-6-2-4-9(16)10-5-3-7-17(10)11(18)8-12(13,14)15/h9-10H,2-8H2,1H3. The summed E-state index contributed by atoms with van der Waals surface area (Å²) in [6.07, 6.45) is -2.02. The van der Waals surface area contributed by atoms with Crippen LogP contribution in [0.3, 0.4) is 0 Å². The van der Waals surface area contributed by atoms with Crippen LogP contribution in [0.25, 0.3) is 0 Å². The summed E-state index contributed by atoms with van der Waals surface area (Å²) >= 11 is 0. The number of nitrogens with zero attached hydrogens (tertiary/aromatic N) is 2. The summed E-state index contributed by atoms with van der Waals surface area (Å²) in [4.78, 5) is 15.4. The fourth-order valence-corrected chi connectivity index (χ4v) is 3.20. The van der Waals surface area contributed by atoms with Crippen molar-refractivity contribution >= 4 is 5.91 Å². The first-order chi connectivity index (χ1) is 8.38. The van der Waals surface area contributed by atoms with Gasteiger partial charge in [0.25, 0.3) is 0 Å². The van der Waals surface area contributed by atoms with Crippen molar-refractivity contribution < 1.29 is 18.0 Å². The minimum atomic E-state index is -4.40. The molecule has 0 radical (unpaired) electrons.